The number of rotatable bonds is 1. The second-order valence-corrected chi connectivity index (χ2v) is 3.60. The summed E-state index contributed by atoms with van der Waals surface area (Å²) in [5, 5.41) is -0.894. The molecule has 5 heteroatoms. The standard InChI is InChI=1S/C7H2BrCl2FO/c8-3-1-2-4(9)5(6(3)11)7(10)12/h1-2H. The topological polar surface area (TPSA) is 17.1 Å². The first-order valence-corrected chi connectivity index (χ1v) is 4.42. The van der Waals surface area contributed by atoms with Crippen LogP contribution in [0.25, 0.3) is 0 Å². The summed E-state index contributed by atoms with van der Waals surface area (Å²) in [6, 6.07) is 2.80. The van der Waals surface area contributed by atoms with Gasteiger partial charge in [0.2, 0.25) is 0 Å². The van der Waals surface area contributed by atoms with Crippen molar-refractivity contribution < 1.29 is 9.18 Å². The Hall–Kier alpha value is -0.120. The van der Waals surface area contributed by atoms with E-state index in [4.69, 9.17) is 23.2 Å². The lowest BCUT2D eigenvalue weighted by Crippen LogP contribution is -1.96. The summed E-state index contributed by atoms with van der Waals surface area (Å²) >= 11 is 13.5. The van der Waals surface area contributed by atoms with Crippen LogP contribution >= 0.6 is 39.1 Å². The molecule has 0 aliphatic rings. The van der Waals surface area contributed by atoms with Gasteiger partial charge < -0.3 is 0 Å². The van der Waals surface area contributed by atoms with Gasteiger partial charge in [-0.25, -0.2) is 4.39 Å². The van der Waals surface area contributed by atoms with E-state index in [9.17, 15) is 9.18 Å². The molecule has 0 heterocycles. The van der Waals surface area contributed by atoms with Gasteiger partial charge in [-0.1, -0.05) is 11.6 Å². The molecule has 12 heavy (non-hydrogen) atoms. The Kier molecular flexibility index (Phi) is 3.09. The van der Waals surface area contributed by atoms with E-state index in [1.165, 1.54) is 12.1 Å². The Balaban J connectivity index is 3.43. The number of hydrogen-bond donors (Lipinski definition) is 0. The lowest BCUT2D eigenvalue weighted by Gasteiger charge is -2.01. The van der Waals surface area contributed by atoms with Crippen LogP contribution in [0.1, 0.15) is 10.4 Å². The van der Waals surface area contributed by atoms with Crippen LogP contribution < -0.4 is 0 Å². The molecule has 0 bridgehead atoms. The third kappa shape index (κ3) is 1.79. The summed E-state index contributed by atoms with van der Waals surface area (Å²) in [6.07, 6.45) is 0. The van der Waals surface area contributed by atoms with Gasteiger partial charge in [0.25, 0.3) is 5.24 Å². The molecule has 0 spiro atoms. The summed E-state index contributed by atoms with van der Waals surface area (Å²) in [7, 11) is 0. The van der Waals surface area contributed by atoms with Gasteiger partial charge in [-0.05, 0) is 39.7 Å². The molecule has 0 unspecified atom stereocenters. The summed E-state index contributed by atoms with van der Waals surface area (Å²) in [5.74, 6) is -0.734. The Morgan fingerprint density at radius 1 is 1.50 bits per heavy atom. The van der Waals surface area contributed by atoms with Crippen molar-refractivity contribution >= 4 is 44.4 Å². The molecular formula is C7H2BrCl2FO. The molecule has 1 rings (SSSR count). The summed E-state index contributed by atoms with van der Waals surface area (Å²) < 4.78 is 13.2. The van der Waals surface area contributed by atoms with Crippen molar-refractivity contribution in [3.8, 4) is 0 Å². The predicted octanol–water partition coefficient (Wildman–Crippen LogP) is 3.62. The van der Waals surface area contributed by atoms with Gasteiger partial charge in [-0.15, -0.1) is 0 Å². The largest absolute Gasteiger partial charge is 0.275 e. The van der Waals surface area contributed by atoms with Gasteiger partial charge in [-0.2, -0.15) is 0 Å². The van der Waals surface area contributed by atoms with E-state index in [1.807, 2.05) is 0 Å². The number of carbonyl (C=O) groups excluding carboxylic acids is 1. The van der Waals surface area contributed by atoms with Gasteiger partial charge in [0.15, 0.2) is 5.82 Å². The SMILES string of the molecule is O=C(Cl)c1c(Cl)ccc(Br)c1F. The zero-order valence-electron chi connectivity index (χ0n) is 5.57. The maximum Gasteiger partial charge on any atom is 0.256 e. The molecule has 0 amide bonds. The van der Waals surface area contributed by atoms with Gasteiger partial charge in [0, 0.05) is 0 Å². The maximum absolute atomic E-state index is 13.1. The summed E-state index contributed by atoms with van der Waals surface area (Å²) in [4.78, 5) is 10.7. The Morgan fingerprint density at radius 2 is 2.08 bits per heavy atom. The molecule has 0 aliphatic carbocycles. The number of carbonyl (C=O) groups is 1. The molecular weight excluding hydrogens is 270 g/mol. The zero-order valence-corrected chi connectivity index (χ0v) is 8.67. The highest BCUT2D eigenvalue weighted by Gasteiger charge is 2.15. The minimum Gasteiger partial charge on any atom is -0.275 e. The molecule has 0 atom stereocenters. The van der Waals surface area contributed by atoms with Crippen LogP contribution in [0.15, 0.2) is 16.6 Å². The van der Waals surface area contributed by atoms with Crippen molar-refractivity contribution in [2.24, 2.45) is 0 Å². The van der Waals surface area contributed by atoms with Crippen molar-refractivity contribution in [2.45, 2.75) is 0 Å². The van der Waals surface area contributed by atoms with Crippen LogP contribution in [0, 0.1) is 5.82 Å². The van der Waals surface area contributed by atoms with E-state index in [1.54, 1.807) is 0 Å². The molecule has 0 saturated heterocycles. The molecule has 0 radical (unpaired) electrons. The second-order valence-electron chi connectivity index (χ2n) is 1.99. The van der Waals surface area contributed by atoms with Crippen molar-refractivity contribution in [1.29, 1.82) is 0 Å². The van der Waals surface area contributed by atoms with E-state index in [2.05, 4.69) is 15.9 Å². The van der Waals surface area contributed by atoms with E-state index in [0.29, 0.717) is 0 Å². The van der Waals surface area contributed by atoms with E-state index < -0.39 is 11.1 Å². The summed E-state index contributed by atoms with van der Waals surface area (Å²) in [5.41, 5.74) is -0.298. The highest BCUT2D eigenvalue weighted by molar-refractivity contribution is 9.10. The predicted molar refractivity (Wildman–Crippen MR) is 49.3 cm³/mol. The Labute approximate surface area is 86.6 Å². The third-order valence-corrected chi connectivity index (χ3v) is 2.36. The molecule has 0 saturated carbocycles. The fourth-order valence-corrected chi connectivity index (χ4v) is 1.50. The van der Waals surface area contributed by atoms with Crippen molar-refractivity contribution in [1.82, 2.24) is 0 Å². The quantitative estimate of drug-likeness (QED) is 0.563. The number of halogens is 4. The minimum absolute atomic E-state index is 0.00991. The Bertz CT molecular complexity index is 340. The van der Waals surface area contributed by atoms with Crippen LogP contribution in [0.3, 0.4) is 0 Å². The van der Waals surface area contributed by atoms with Crippen molar-refractivity contribution in [2.75, 3.05) is 0 Å². The normalized spacial score (nSPS) is 10.0. The van der Waals surface area contributed by atoms with Gasteiger partial charge in [0.1, 0.15) is 0 Å². The van der Waals surface area contributed by atoms with E-state index >= 15 is 0 Å². The Morgan fingerprint density at radius 3 is 2.50 bits per heavy atom. The van der Waals surface area contributed by atoms with E-state index in [-0.39, 0.29) is 15.1 Å². The maximum atomic E-state index is 13.1. The molecule has 1 aromatic carbocycles. The summed E-state index contributed by atoms with van der Waals surface area (Å²) in [6.45, 7) is 0. The highest BCUT2D eigenvalue weighted by Crippen LogP contribution is 2.26. The molecule has 0 fully saturated rings. The molecule has 1 aromatic rings. The van der Waals surface area contributed by atoms with Gasteiger partial charge in [-0.3, -0.25) is 4.79 Å². The van der Waals surface area contributed by atoms with Gasteiger partial charge >= 0.3 is 0 Å². The van der Waals surface area contributed by atoms with Crippen LogP contribution in [0.5, 0.6) is 0 Å². The first-order chi connectivity index (χ1) is 5.54. The average Bonchev–Trinajstić information content (AvgIpc) is 1.97. The fourth-order valence-electron chi connectivity index (χ4n) is 0.707. The second kappa shape index (κ2) is 3.73. The molecule has 1 nitrogen and oxygen atoms in total. The first kappa shape index (κ1) is 9.96. The smallest absolute Gasteiger partial charge is 0.256 e. The van der Waals surface area contributed by atoms with Crippen LogP contribution in [-0.4, -0.2) is 5.24 Å². The van der Waals surface area contributed by atoms with Crippen molar-refractivity contribution in [3.05, 3.63) is 33.0 Å². The van der Waals surface area contributed by atoms with Crippen molar-refractivity contribution in [3.63, 3.8) is 0 Å². The zero-order chi connectivity index (χ0) is 9.30. The van der Waals surface area contributed by atoms with Crippen LogP contribution in [-0.2, 0) is 0 Å². The lowest BCUT2D eigenvalue weighted by atomic mass is 10.2. The van der Waals surface area contributed by atoms with Gasteiger partial charge in [0.05, 0.1) is 15.1 Å². The highest BCUT2D eigenvalue weighted by atomic mass is 79.9. The average molecular weight is 272 g/mol. The number of benzene rings is 1. The molecule has 0 aliphatic heterocycles. The fraction of sp³-hybridized carbons (Fsp3) is 0. The van der Waals surface area contributed by atoms with E-state index in [0.717, 1.165) is 0 Å². The third-order valence-electron chi connectivity index (χ3n) is 1.24. The monoisotopic (exact) mass is 270 g/mol. The first-order valence-electron chi connectivity index (χ1n) is 2.87. The van der Waals surface area contributed by atoms with Crippen LogP contribution in [0.2, 0.25) is 5.02 Å². The minimum atomic E-state index is -0.904. The molecule has 64 valence electrons. The number of hydrogen-bond acceptors (Lipinski definition) is 1. The molecule has 0 N–H and O–H groups in total. The van der Waals surface area contributed by atoms with Crippen LogP contribution in [0.4, 0.5) is 4.39 Å². The lowest BCUT2D eigenvalue weighted by molar-refractivity contribution is 0.107. The molecule has 0 aromatic heterocycles.